The summed E-state index contributed by atoms with van der Waals surface area (Å²) in [5.41, 5.74) is 3.32. The molecule has 0 saturated carbocycles. The van der Waals surface area contributed by atoms with Crippen molar-refractivity contribution in [3.63, 3.8) is 0 Å². The number of anilines is 2. The predicted molar refractivity (Wildman–Crippen MR) is 104 cm³/mol. The Hall–Kier alpha value is -2.53. The molecule has 4 nitrogen and oxygen atoms in total. The quantitative estimate of drug-likeness (QED) is 0.558. The van der Waals surface area contributed by atoms with Crippen molar-refractivity contribution in [1.82, 2.24) is 0 Å². The Balaban J connectivity index is 2.02. The molecule has 0 fully saturated rings. The van der Waals surface area contributed by atoms with Gasteiger partial charge in [-0.15, -0.1) is 0 Å². The van der Waals surface area contributed by atoms with E-state index in [2.05, 4.69) is 6.58 Å². The number of esters is 1. The number of amides is 1. The predicted octanol–water partition coefficient (Wildman–Crippen LogP) is 4.89. The van der Waals surface area contributed by atoms with Crippen LogP contribution >= 0.6 is 11.8 Å². The third kappa shape index (κ3) is 3.83. The number of fused-ring (bicyclic) bond motifs is 2. The molecule has 26 heavy (non-hydrogen) atoms. The van der Waals surface area contributed by atoms with E-state index >= 15 is 0 Å². The summed E-state index contributed by atoms with van der Waals surface area (Å²) in [6, 6.07) is 13.6. The number of nitrogens with zero attached hydrogens (tertiary/aromatic N) is 1. The fourth-order valence-electron chi connectivity index (χ4n) is 2.89. The zero-order chi connectivity index (χ0) is 18.7. The van der Waals surface area contributed by atoms with Gasteiger partial charge >= 0.3 is 5.97 Å². The van der Waals surface area contributed by atoms with E-state index in [1.807, 2.05) is 49.4 Å². The third-order valence-electron chi connectivity index (χ3n) is 3.95. The molecule has 0 radical (unpaired) electrons. The summed E-state index contributed by atoms with van der Waals surface area (Å²) >= 11 is 1.63. The van der Waals surface area contributed by atoms with Crippen molar-refractivity contribution in [3.8, 4) is 0 Å². The molecule has 1 heterocycles. The van der Waals surface area contributed by atoms with Crippen LogP contribution in [0.3, 0.4) is 0 Å². The van der Waals surface area contributed by atoms with Crippen LogP contribution in [0.5, 0.6) is 0 Å². The van der Waals surface area contributed by atoms with E-state index in [0.29, 0.717) is 6.61 Å². The van der Waals surface area contributed by atoms with Crippen molar-refractivity contribution < 1.29 is 14.3 Å². The standard InChI is InChI=1S/C21H21NO3S/c1-4-25-21(24)13-15-9-10-19-17(12-15)22(20(23)11-14(2)3)16-7-5-6-8-18(16)26-19/h5-10,12H,2,4,11,13H2,1,3H3. The zero-order valence-corrected chi connectivity index (χ0v) is 15.8. The third-order valence-corrected chi connectivity index (χ3v) is 5.08. The maximum absolute atomic E-state index is 12.9. The fraction of sp³-hybridized carbons (Fsp3) is 0.238. The van der Waals surface area contributed by atoms with Crippen molar-refractivity contribution in [2.45, 2.75) is 36.5 Å². The van der Waals surface area contributed by atoms with Gasteiger partial charge in [0.2, 0.25) is 5.91 Å². The summed E-state index contributed by atoms with van der Waals surface area (Å²) in [7, 11) is 0. The molecule has 2 aromatic rings. The van der Waals surface area contributed by atoms with Gasteiger partial charge in [0.05, 0.1) is 24.4 Å². The van der Waals surface area contributed by atoms with Gasteiger partial charge in [0, 0.05) is 16.2 Å². The van der Waals surface area contributed by atoms with Crippen LogP contribution < -0.4 is 4.90 Å². The normalized spacial score (nSPS) is 12.2. The number of benzene rings is 2. The van der Waals surface area contributed by atoms with E-state index < -0.39 is 0 Å². The maximum Gasteiger partial charge on any atom is 0.310 e. The fourth-order valence-corrected chi connectivity index (χ4v) is 3.93. The highest BCUT2D eigenvalue weighted by molar-refractivity contribution is 7.99. The van der Waals surface area contributed by atoms with E-state index in [9.17, 15) is 9.59 Å². The minimum absolute atomic E-state index is 0.0280. The van der Waals surface area contributed by atoms with Gasteiger partial charge in [-0.05, 0) is 43.7 Å². The minimum atomic E-state index is -0.267. The van der Waals surface area contributed by atoms with E-state index in [1.165, 1.54) is 0 Å². The van der Waals surface area contributed by atoms with Gasteiger partial charge in [0.15, 0.2) is 0 Å². The summed E-state index contributed by atoms with van der Waals surface area (Å²) in [5, 5.41) is 0. The first-order valence-corrected chi connectivity index (χ1v) is 9.34. The Kier molecular flexibility index (Phi) is 5.47. The second kappa shape index (κ2) is 7.79. The van der Waals surface area contributed by atoms with Crippen molar-refractivity contribution in [1.29, 1.82) is 0 Å². The van der Waals surface area contributed by atoms with Crippen LogP contribution in [0.1, 0.15) is 25.8 Å². The van der Waals surface area contributed by atoms with Crippen LogP contribution in [-0.4, -0.2) is 18.5 Å². The number of rotatable bonds is 5. The average molecular weight is 367 g/mol. The number of hydrogen-bond donors (Lipinski definition) is 0. The first kappa shape index (κ1) is 18.3. The lowest BCUT2D eigenvalue weighted by molar-refractivity contribution is -0.142. The molecule has 2 aromatic carbocycles. The monoisotopic (exact) mass is 367 g/mol. The first-order chi connectivity index (χ1) is 12.5. The van der Waals surface area contributed by atoms with Gasteiger partial charge in [-0.2, -0.15) is 0 Å². The van der Waals surface area contributed by atoms with Gasteiger partial charge in [0.1, 0.15) is 0 Å². The minimum Gasteiger partial charge on any atom is -0.466 e. The van der Waals surface area contributed by atoms with Crippen molar-refractivity contribution >= 4 is 35.0 Å². The van der Waals surface area contributed by atoms with Gasteiger partial charge in [-0.3, -0.25) is 14.5 Å². The molecule has 134 valence electrons. The second-order valence-electron chi connectivity index (χ2n) is 6.22. The number of ether oxygens (including phenoxy) is 1. The van der Waals surface area contributed by atoms with Crippen LogP contribution in [0.4, 0.5) is 11.4 Å². The molecule has 0 spiro atoms. The maximum atomic E-state index is 12.9. The number of para-hydroxylation sites is 1. The Morgan fingerprint density at radius 3 is 2.58 bits per heavy atom. The molecule has 0 unspecified atom stereocenters. The highest BCUT2D eigenvalue weighted by atomic mass is 32.2. The van der Waals surface area contributed by atoms with Gasteiger partial charge in [0.25, 0.3) is 0 Å². The first-order valence-electron chi connectivity index (χ1n) is 8.52. The van der Waals surface area contributed by atoms with Crippen LogP contribution in [0.15, 0.2) is 64.4 Å². The summed E-state index contributed by atoms with van der Waals surface area (Å²) in [6.45, 7) is 7.86. The van der Waals surface area contributed by atoms with Crippen LogP contribution in [0, 0.1) is 0 Å². The number of hydrogen-bond acceptors (Lipinski definition) is 4. The summed E-state index contributed by atoms with van der Waals surface area (Å²) in [5.74, 6) is -0.295. The molecule has 1 amide bonds. The molecule has 0 atom stereocenters. The smallest absolute Gasteiger partial charge is 0.310 e. The van der Waals surface area contributed by atoms with Gasteiger partial charge in [-0.25, -0.2) is 0 Å². The SMILES string of the molecule is C=C(C)CC(=O)N1c2ccccc2Sc2ccc(CC(=O)OCC)cc21. The molecular weight excluding hydrogens is 346 g/mol. The molecule has 0 aromatic heterocycles. The van der Waals surface area contributed by atoms with Crippen LogP contribution in [0.25, 0.3) is 0 Å². The summed E-state index contributed by atoms with van der Waals surface area (Å²) < 4.78 is 5.04. The van der Waals surface area contributed by atoms with E-state index in [0.717, 1.165) is 32.3 Å². The molecule has 1 aliphatic heterocycles. The molecule has 0 N–H and O–H groups in total. The van der Waals surface area contributed by atoms with Gasteiger partial charge in [-0.1, -0.05) is 42.1 Å². The lowest BCUT2D eigenvalue weighted by Gasteiger charge is -2.31. The molecule has 0 aliphatic carbocycles. The van der Waals surface area contributed by atoms with E-state index in [4.69, 9.17) is 4.74 Å². The Bertz CT molecular complexity index is 875. The van der Waals surface area contributed by atoms with E-state index in [-0.39, 0.29) is 24.7 Å². The van der Waals surface area contributed by atoms with Crippen molar-refractivity contribution in [2.24, 2.45) is 0 Å². The Morgan fingerprint density at radius 1 is 1.12 bits per heavy atom. The summed E-state index contributed by atoms with van der Waals surface area (Å²) in [6.07, 6.45) is 0.469. The second-order valence-corrected chi connectivity index (χ2v) is 7.30. The average Bonchev–Trinajstić information content (AvgIpc) is 2.59. The lowest BCUT2D eigenvalue weighted by Crippen LogP contribution is -2.28. The molecule has 0 bridgehead atoms. The Labute approximate surface area is 157 Å². The molecular formula is C21H21NO3S. The highest BCUT2D eigenvalue weighted by Crippen LogP contribution is 2.48. The molecule has 3 rings (SSSR count). The topological polar surface area (TPSA) is 46.6 Å². The molecule has 5 heteroatoms. The van der Waals surface area contributed by atoms with Crippen LogP contribution in [0.2, 0.25) is 0 Å². The zero-order valence-electron chi connectivity index (χ0n) is 15.0. The molecule has 0 saturated heterocycles. The van der Waals surface area contributed by atoms with Gasteiger partial charge < -0.3 is 4.74 Å². The van der Waals surface area contributed by atoms with Crippen molar-refractivity contribution in [3.05, 3.63) is 60.2 Å². The molecule has 1 aliphatic rings. The lowest BCUT2D eigenvalue weighted by atomic mass is 10.1. The summed E-state index contributed by atoms with van der Waals surface area (Å²) in [4.78, 5) is 28.5. The largest absolute Gasteiger partial charge is 0.466 e. The highest BCUT2D eigenvalue weighted by Gasteiger charge is 2.28. The van der Waals surface area contributed by atoms with Crippen molar-refractivity contribution in [2.75, 3.05) is 11.5 Å². The Morgan fingerprint density at radius 2 is 1.85 bits per heavy atom. The number of carbonyl (C=O) groups is 2. The van der Waals surface area contributed by atoms with Crippen LogP contribution in [-0.2, 0) is 20.7 Å². The van der Waals surface area contributed by atoms with E-state index in [1.54, 1.807) is 23.6 Å². The number of carbonyl (C=O) groups excluding carboxylic acids is 2.